The van der Waals surface area contributed by atoms with Gasteiger partial charge in [-0.15, -0.1) is 23.1 Å². The Kier molecular flexibility index (Phi) is 9.81. The lowest BCUT2D eigenvalue weighted by molar-refractivity contribution is -0.115. The predicted molar refractivity (Wildman–Crippen MR) is 190 cm³/mol. The van der Waals surface area contributed by atoms with Gasteiger partial charge in [-0.05, 0) is 77.9 Å². The molecular formula is C37H29N5O3S2. The van der Waals surface area contributed by atoms with Crippen molar-refractivity contribution in [1.29, 1.82) is 0 Å². The molecule has 4 aromatic carbocycles. The van der Waals surface area contributed by atoms with Crippen molar-refractivity contribution in [2.45, 2.75) is 17.1 Å². The van der Waals surface area contributed by atoms with Gasteiger partial charge < -0.3 is 16.0 Å². The molecule has 2 heterocycles. The SMILES string of the molecule is CC(Sc1ccc(NC(=O)/C(=C/c2cccnc2)NC(=O)c2ccccc2)cc1)C(=O)Nc1nc(-c2ccc3ccccc3c2)cs1. The van der Waals surface area contributed by atoms with Crippen molar-refractivity contribution in [1.82, 2.24) is 15.3 Å². The number of thiazole rings is 1. The summed E-state index contributed by atoms with van der Waals surface area (Å²) in [5.41, 5.74) is 3.50. The van der Waals surface area contributed by atoms with E-state index in [4.69, 9.17) is 0 Å². The van der Waals surface area contributed by atoms with Gasteiger partial charge in [-0.3, -0.25) is 19.4 Å². The second kappa shape index (κ2) is 14.7. The number of aromatic nitrogens is 2. The number of thioether (sulfide) groups is 1. The number of hydrogen-bond donors (Lipinski definition) is 3. The average molecular weight is 656 g/mol. The van der Waals surface area contributed by atoms with Gasteiger partial charge in [0.05, 0.1) is 10.9 Å². The fourth-order valence-corrected chi connectivity index (χ4v) is 6.25. The monoisotopic (exact) mass is 655 g/mol. The Bertz CT molecular complexity index is 2060. The number of benzene rings is 4. The number of anilines is 2. The van der Waals surface area contributed by atoms with E-state index in [1.54, 1.807) is 67.0 Å². The topological polar surface area (TPSA) is 113 Å². The highest BCUT2D eigenvalue weighted by atomic mass is 32.2. The van der Waals surface area contributed by atoms with E-state index < -0.39 is 17.1 Å². The van der Waals surface area contributed by atoms with Crippen LogP contribution in [0.15, 0.2) is 138 Å². The predicted octanol–water partition coefficient (Wildman–Crippen LogP) is 7.89. The standard InChI is InChI=1S/C37H29N5O3S2/c1-24(34(43)42-37-41-33(23-46-37)29-14-13-26-9-5-6-12-28(26)21-29)47-31-17-15-30(16-18-31)39-36(45)32(20-25-8-7-19-38-22-25)40-35(44)27-10-3-2-4-11-27/h2-24H,1H3,(H,39,45)(H,40,44)(H,41,42,43)/b32-20-. The number of nitrogens with zero attached hydrogens (tertiary/aromatic N) is 2. The number of carbonyl (C=O) groups is 3. The van der Waals surface area contributed by atoms with Crippen LogP contribution in [-0.4, -0.2) is 32.9 Å². The molecule has 232 valence electrons. The number of hydrogen-bond acceptors (Lipinski definition) is 7. The van der Waals surface area contributed by atoms with Gasteiger partial charge in [0.2, 0.25) is 5.91 Å². The molecule has 10 heteroatoms. The van der Waals surface area contributed by atoms with Crippen LogP contribution in [0.4, 0.5) is 10.8 Å². The van der Waals surface area contributed by atoms with E-state index in [0.29, 0.717) is 21.9 Å². The molecule has 0 fully saturated rings. The van der Waals surface area contributed by atoms with E-state index in [9.17, 15) is 14.4 Å². The maximum absolute atomic E-state index is 13.3. The van der Waals surface area contributed by atoms with Crippen molar-refractivity contribution in [3.63, 3.8) is 0 Å². The summed E-state index contributed by atoms with van der Waals surface area (Å²) in [5.74, 6) is -1.05. The summed E-state index contributed by atoms with van der Waals surface area (Å²) in [6.07, 6.45) is 4.80. The molecule has 0 aliphatic heterocycles. The third kappa shape index (κ3) is 8.18. The van der Waals surface area contributed by atoms with E-state index in [1.807, 2.05) is 48.7 Å². The van der Waals surface area contributed by atoms with Gasteiger partial charge in [0.15, 0.2) is 5.13 Å². The maximum atomic E-state index is 13.3. The smallest absolute Gasteiger partial charge is 0.272 e. The molecule has 0 bridgehead atoms. The molecule has 2 aromatic heterocycles. The van der Waals surface area contributed by atoms with Gasteiger partial charge in [-0.1, -0.05) is 60.7 Å². The van der Waals surface area contributed by atoms with Crippen LogP contribution in [0.5, 0.6) is 0 Å². The first-order valence-corrected chi connectivity index (χ1v) is 16.5. The van der Waals surface area contributed by atoms with E-state index >= 15 is 0 Å². The summed E-state index contributed by atoms with van der Waals surface area (Å²) in [4.78, 5) is 48.7. The molecule has 0 saturated heterocycles. The van der Waals surface area contributed by atoms with Crippen LogP contribution in [0.3, 0.4) is 0 Å². The van der Waals surface area contributed by atoms with Crippen LogP contribution in [0.25, 0.3) is 28.1 Å². The quantitative estimate of drug-likeness (QED) is 0.102. The van der Waals surface area contributed by atoms with Crippen molar-refractivity contribution in [2.24, 2.45) is 0 Å². The summed E-state index contributed by atoms with van der Waals surface area (Å²) in [6, 6.07) is 33.7. The van der Waals surface area contributed by atoms with Crippen LogP contribution < -0.4 is 16.0 Å². The number of pyridine rings is 1. The Morgan fingerprint density at radius 2 is 1.60 bits per heavy atom. The Hall–Kier alpha value is -5.58. The normalized spacial score (nSPS) is 11.9. The van der Waals surface area contributed by atoms with Crippen LogP contribution in [0.2, 0.25) is 0 Å². The highest BCUT2D eigenvalue weighted by Crippen LogP contribution is 2.30. The van der Waals surface area contributed by atoms with Crippen LogP contribution in [-0.2, 0) is 9.59 Å². The summed E-state index contributed by atoms with van der Waals surface area (Å²) < 4.78 is 0. The lowest BCUT2D eigenvalue weighted by Gasteiger charge is -2.13. The molecule has 8 nitrogen and oxygen atoms in total. The molecule has 6 aromatic rings. The molecule has 1 atom stereocenters. The van der Waals surface area contributed by atoms with E-state index in [1.165, 1.54) is 23.1 Å². The first-order chi connectivity index (χ1) is 22.9. The highest BCUT2D eigenvalue weighted by Gasteiger charge is 2.18. The Balaban J connectivity index is 1.07. The van der Waals surface area contributed by atoms with Gasteiger partial charge in [0, 0.05) is 39.5 Å². The fraction of sp³-hybridized carbons (Fsp3) is 0.0541. The summed E-state index contributed by atoms with van der Waals surface area (Å²) in [7, 11) is 0. The molecule has 3 N–H and O–H groups in total. The molecule has 0 saturated carbocycles. The molecule has 3 amide bonds. The van der Waals surface area contributed by atoms with Crippen molar-refractivity contribution in [3.8, 4) is 11.3 Å². The zero-order valence-corrected chi connectivity index (χ0v) is 26.8. The van der Waals surface area contributed by atoms with Gasteiger partial charge in [-0.25, -0.2) is 4.98 Å². The molecule has 0 aliphatic rings. The van der Waals surface area contributed by atoms with Gasteiger partial charge in [-0.2, -0.15) is 0 Å². The van der Waals surface area contributed by atoms with Gasteiger partial charge in [0.25, 0.3) is 11.8 Å². The average Bonchev–Trinajstić information content (AvgIpc) is 3.57. The molecule has 0 radical (unpaired) electrons. The van der Waals surface area contributed by atoms with E-state index in [2.05, 4.69) is 50.2 Å². The molecule has 47 heavy (non-hydrogen) atoms. The number of nitrogens with one attached hydrogen (secondary N) is 3. The van der Waals surface area contributed by atoms with Gasteiger partial charge >= 0.3 is 0 Å². The van der Waals surface area contributed by atoms with Crippen LogP contribution in [0.1, 0.15) is 22.8 Å². The van der Waals surface area contributed by atoms with Crippen molar-refractivity contribution in [3.05, 3.63) is 144 Å². The molecular weight excluding hydrogens is 627 g/mol. The number of amides is 3. The lowest BCUT2D eigenvalue weighted by atomic mass is 10.1. The van der Waals surface area contributed by atoms with Gasteiger partial charge in [0.1, 0.15) is 5.70 Å². The first kappa shape index (κ1) is 31.4. The zero-order valence-electron chi connectivity index (χ0n) is 25.2. The zero-order chi connectivity index (χ0) is 32.6. The van der Waals surface area contributed by atoms with E-state index in [0.717, 1.165) is 26.9 Å². The minimum Gasteiger partial charge on any atom is -0.321 e. The van der Waals surface area contributed by atoms with Crippen LogP contribution >= 0.6 is 23.1 Å². The van der Waals surface area contributed by atoms with Crippen LogP contribution in [0, 0.1) is 0 Å². The fourth-order valence-electron chi connectivity index (χ4n) is 4.66. The summed E-state index contributed by atoms with van der Waals surface area (Å²) in [5, 5.41) is 12.9. The Labute approximate surface area is 280 Å². The largest absolute Gasteiger partial charge is 0.321 e. The molecule has 1 unspecified atom stereocenters. The first-order valence-electron chi connectivity index (χ1n) is 14.7. The Morgan fingerprint density at radius 3 is 2.36 bits per heavy atom. The summed E-state index contributed by atoms with van der Waals surface area (Å²) in [6.45, 7) is 1.83. The third-order valence-electron chi connectivity index (χ3n) is 7.10. The third-order valence-corrected chi connectivity index (χ3v) is 8.97. The molecule has 6 rings (SSSR count). The van der Waals surface area contributed by atoms with Crippen molar-refractivity contribution < 1.29 is 14.4 Å². The second-order valence-corrected chi connectivity index (χ2v) is 12.8. The van der Waals surface area contributed by atoms with E-state index in [-0.39, 0.29) is 11.6 Å². The minimum atomic E-state index is -0.488. The Morgan fingerprint density at radius 1 is 0.830 bits per heavy atom. The maximum Gasteiger partial charge on any atom is 0.272 e. The van der Waals surface area contributed by atoms with Crippen molar-refractivity contribution in [2.75, 3.05) is 10.6 Å². The molecule has 0 aliphatic carbocycles. The number of fused-ring (bicyclic) bond motifs is 1. The second-order valence-electron chi connectivity index (χ2n) is 10.5. The lowest BCUT2D eigenvalue weighted by Crippen LogP contribution is -2.30. The number of rotatable bonds is 10. The minimum absolute atomic E-state index is 0.0709. The van der Waals surface area contributed by atoms with Crippen molar-refractivity contribution >= 4 is 68.5 Å². The highest BCUT2D eigenvalue weighted by molar-refractivity contribution is 8.00. The molecule has 0 spiro atoms. The number of carbonyl (C=O) groups excluding carboxylic acids is 3. The summed E-state index contributed by atoms with van der Waals surface area (Å²) >= 11 is 2.78.